The molecule has 1 unspecified atom stereocenters. The summed E-state index contributed by atoms with van der Waals surface area (Å²) in [5, 5.41) is 0. The predicted octanol–water partition coefficient (Wildman–Crippen LogP) is 2.04. The molecule has 1 aromatic rings. The van der Waals surface area contributed by atoms with E-state index in [9.17, 15) is 0 Å². The van der Waals surface area contributed by atoms with Crippen LogP contribution >= 0.6 is 11.8 Å². The van der Waals surface area contributed by atoms with Crippen molar-refractivity contribution in [1.29, 1.82) is 0 Å². The van der Waals surface area contributed by atoms with Crippen LogP contribution < -0.4 is 10.6 Å². The van der Waals surface area contributed by atoms with Crippen molar-refractivity contribution in [3.63, 3.8) is 0 Å². The second-order valence-electron chi connectivity index (χ2n) is 4.50. The minimum absolute atomic E-state index is 0.569. The molecule has 4 heteroatoms. The number of nitrogens with two attached hydrogens (primary N) is 1. The minimum Gasteiger partial charge on any atom is -0.352 e. The van der Waals surface area contributed by atoms with E-state index >= 15 is 0 Å². The average Bonchev–Trinajstić information content (AvgIpc) is 2.38. The molecule has 2 rings (SSSR count). The van der Waals surface area contributed by atoms with Gasteiger partial charge in [-0.15, -0.1) is 0 Å². The van der Waals surface area contributed by atoms with Crippen LogP contribution in [0.4, 0.5) is 5.82 Å². The highest BCUT2D eigenvalue weighted by atomic mass is 32.2. The fraction of sp³-hybridized carbons (Fsp3) is 0.615. The molecule has 17 heavy (non-hydrogen) atoms. The highest BCUT2D eigenvalue weighted by Gasteiger charge is 2.20. The van der Waals surface area contributed by atoms with E-state index in [-0.39, 0.29) is 0 Å². The molecule has 1 fully saturated rings. The Bertz CT molecular complexity index is 359. The van der Waals surface area contributed by atoms with Gasteiger partial charge < -0.3 is 10.6 Å². The number of pyridine rings is 1. The molecule has 1 aromatic heterocycles. The van der Waals surface area contributed by atoms with Crippen LogP contribution in [-0.2, 0) is 13.0 Å². The summed E-state index contributed by atoms with van der Waals surface area (Å²) < 4.78 is 0. The number of rotatable bonds is 3. The number of aromatic nitrogens is 1. The monoisotopic (exact) mass is 251 g/mol. The summed E-state index contributed by atoms with van der Waals surface area (Å²) in [5.74, 6) is 3.49. The van der Waals surface area contributed by atoms with Crippen LogP contribution in [0.25, 0.3) is 0 Å². The third-order valence-electron chi connectivity index (χ3n) is 3.18. The van der Waals surface area contributed by atoms with Crippen molar-refractivity contribution in [3.05, 3.63) is 23.4 Å². The second kappa shape index (κ2) is 5.74. The van der Waals surface area contributed by atoms with Gasteiger partial charge in [0.25, 0.3) is 0 Å². The molecule has 1 aliphatic rings. The van der Waals surface area contributed by atoms with Crippen LogP contribution in [-0.4, -0.2) is 29.1 Å². The summed E-state index contributed by atoms with van der Waals surface area (Å²) >= 11 is 2.03. The van der Waals surface area contributed by atoms with E-state index in [1.54, 1.807) is 0 Å². The van der Waals surface area contributed by atoms with Gasteiger partial charge in [-0.1, -0.05) is 6.92 Å². The van der Waals surface area contributed by atoms with Crippen LogP contribution in [0.15, 0.2) is 12.1 Å². The minimum atomic E-state index is 0.569. The molecule has 0 radical (unpaired) electrons. The molecular formula is C13H21N3S. The summed E-state index contributed by atoms with van der Waals surface area (Å²) in [6.07, 6.45) is 0.970. The number of hydrogen-bond donors (Lipinski definition) is 1. The lowest BCUT2D eigenvalue weighted by Gasteiger charge is -2.34. The highest BCUT2D eigenvalue weighted by molar-refractivity contribution is 7.99. The van der Waals surface area contributed by atoms with Crippen molar-refractivity contribution in [2.24, 2.45) is 5.73 Å². The normalized spacial score (nSPS) is 20.6. The Labute approximate surface area is 108 Å². The first-order valence-electron chi connectivity index (χ1n) is 6.29. The largest absolute Gasteiger partial charge is 0.352 e. The summed E-state index contributed by atoms with van der Waals surface area (Å²) in [6.45, 7) is 6.10. The number of nitrogens with zero attached hydrogens (tertiary/aromatic N) is 2. The molecule has 2 N–H and O–H groups in total. The molecular weight excluding hydrogens is 230 g/mol. The zero-order valence-corrected chi connectivity index (χ0v) is 11.5. The summed E-state index contributed by atoms with van der Waals surface area (Å²) in [4.78, 5) is 7.15. The van der Waals surface area contributed by atoms with E-state index in [4.69, 9.17) is 10.7 Å². The molecule has 94 valence electrons. The topological polar surface area (TPSA) is 42.1 Å². The van der Waals surface area contributed by atoms with E-state index in [0.29, 0.717) is 12.6 Å². The lowest BCUT2D eigenvalue weighted by molar-refractivity contribution is 0.686. The molecule has 0 aliphatic carbocycles. The Morgan fingerprint density at radius 1 is 1.53 bits per heavy atom. The van der Waals surface area contributed by atoms with Crippen molar-refractivity contribution in [2.75, 3.05) is 23.0 Å². The van der Waals surface area contributed by atoms with Crippen LogP contribution in [0.5, 0.6) is 0 Å². The lowest BCUT2D eigenvalue weighted by atomic mass is 10.1. The Morgan fingerprint density at radius 2 is 2.35 bits per heavy atom. The van der Waals surface area contributed by atoms with Crippen molar-refractivity contribution in [1.82, 2.24) is 4.98 Å². The smallest absolute Gasteiger partial charge is 0.129 e. The van der Waals surface area contributed by atoms with Crippen LogP contribution in [0.2, 0.25) is 0 Å². The molecule has 3 nitrogen and oxygen atoms in total. The maximum Gasteiger partial charge on any atom is 0.129 e. The van der Waals surface area contributed by atoms with Crippen molar-refractivity contribution in [3.8, 4) is 0 Å². The molecule has 0 spiro atoms. The fourth-order valence-corrected chi connectivity index (χ4v) is 3.16. The van der Waals surface area contributed by atoms with Gasteiger partial charge in [-0.25, -0.2) is 4.98 Å². The first-order chi connectivity index (χ1) is 8.24. The standard InChI is InChI=1S/C13H21N3S/c1-3-12-6-11(8-14)7-13(15-12)16-4-5-17-9-10(16)2/h6-7,10H,3-5,8-9,14H2,1-2H3. The highest BCUT2D eigenvalue weighted by Crippen LogP contribution is 2.23. The van der Waals surface area contributed by atoms with Gasteiger partial charge in [0.15, 0.2) is 0 Å². The van der Waals surface area contributed by atoms with Crippen LogP contribution in [0.3, 0.4) is 0 Å². The second-order valence-corrected chi connectivity index (χ2v) is 5.65. The fourth-order valence-electron chi connectivity index (χ4n) is 2.15. The summed E-state index contributed by atoms with van der Waals surface area (Å²) in [7, 11) is 0. The quantitative estimate of drug-likeness (QED) is 0.893. The summed E-state index contributed by atoms with van der Waals surface area (Å²) in [5.41, 5.74) is 8.09. The third-order valence-corrected chi connectivity index (χ3v) is 4.37. The maximum atomic E-state index is 5.76. The average molecular weight is 251 g/mol. The molecule has 1 atom stereocenters. The van der Waals surface area contributed by atoms with E-state index in [0.717, 1.165) is 24.5 Å². The van der Waals surface area contributed by atoms with Crippen LogP contribution in [0, 0.1) is 0 Å². The predicted molar refractivity (Wildman–Crippen MR) is 75.6 cm³/mol. The number of anilines is 1. The van der Waals surface area contributed by atoms with Crippen molar-refractivity contribution in [2.45, 2.75) is 32.9 Å². The van der Waals surface area contributed by atoms with Crippen molar-refractivity contribution < 1.29 is 0 Å². The van der Waals surface area contributed by atoms with Crippen molar-refractivity contribution >= 4 is 17.6 Å². The van der Waals surface area contributed by atoms with Gasteiger partial charge in [-0.3, -0.25) is 0 Å². The van der Waals surface area contributed by atoms with Gasteiger partial charge in [0, 0.05) is 36.3 Å². The maximum absolute atomic E-state index is 5.76. The van der Waals surface area contributed by atoms with Gasteiger partial charge in [0.2, 0.25) is 0 Å². The van der Waals surface area contributed by atoms with E-state index < -0.39 is 0 Å². The zero-order chi connectivity index (χ0) is 12.3. The lowest BCUT2D eigenvalue weighted by Crippen LogP contribution is -2.41. The Balaban J connectivity index is 2.29. The Morgan fingerprint density at radius 3 is 3.00 bits per heavy atom. The first-order valence-corrected chi connectivity index (χ1v) is 7.44. The Kier molecular flexibility index (Phi) is 4.29. The molecule has 1 aliphatic heterocycles. The van der Waals surface area contributed by atoms with Gasteiger partial charge in [-0.05, 0) is 31.0 Å². The zero-order valence-electron chi connectivity index (χ0n) is 10.6. The molecule has 0 aromatic carbocycles. The SMILES string of the molecule is CCc1cc(CN)cc(N2CCSCC2C)n1. The van der Waals surface area contributed by atoms with Crippen LogP contribution in [0.1, 0.15) is 25.1 Å². The number of thioether (sulfide) groups is 1. The molecule has 0 amide bonds. The Hall–Kier alpha value is -0.740. The number of hydrogen-bond acceptors (Lipinski definition) is 4. The van der Waals surface area contributed by atoms with Gasteiger partial charge in [0.1, 0.15) is 5.82 Å². The molecule has 2 heterocycles. The van der Waals surface area contributed by atoms with Gasteiger partial charge in [0.05, 0.1) is 0 Å². The molecule has 0 saturated carbocycles. The molecule has 0 bridgehead atoms. The third kappa shape index (κ3) is 2.93. The first kappa shape index (κ1) is 12.7. The molecule has 1 saturated heterocycles. The summed E-state index contributed by atoms with van der Waals surface area (Å²) in [6, 6.07) is 4.83. The van der Waals surface area contributed by atoms with E-state index in [1.165, 1.54) is 17.1 Å². The van der Waals surface area contributed by atoms with Gasteiger partial charge in [-0.2, -0.15) is 11.8 Å². The van der Waals surface area contributed by atoms with E-state index in [2.05, 4.69) is 30.9 Å². The number of aryl methyl sites for hydroxylation is 1. The van der Waals surface area contributed by atoms with E-state index in [1.807, 2.05) is 11.8 Å². The van der Waals surface area contributed by atoms with Gasteiger partial charge >= 0.3 is 0 Å².